The van der Waals surface area contributed by atoms with Crippen molar-refractivity contribution < 1.29 is 4.79 Å². The Morgan fingerprint density at radius 3 is 2.77 bits per heavy atom. The molecule has 26 heavy (non-hydrogen) atoms. The van der Waals surface area contributed by atoms with Crippen molar-refractivity contribution >= 4 is 32.6 Å². The number of carbonyl (C=O) groups excluding carboxylic acids is 1. The third-order valence-corrected chi connectivity index (χ3v) is 6.53. The number of fused-ring (bicyclic) bond motifs is 1. The number of carbonyl (C=O) groups is 1. The van der Waals surface area contributed by atoms with Gasteiger partial charge in [0.05, 0.1) is 16.8 Å². The van der Waals surface area contributed by atoms with Crippen LogP contribution < -0.4 is 4.90 Å². The normalized spacial score (nSPS) is 21.4. The van der Waals surface area contributed by atoms with E-state index in [9.17, 15) is 4.79 Å². The van der Waals surface area contributed by atoms with Crippen LogP contribution in [0, 0.1) is 5.92 Å². The van der Waals surface area contributed by atoms with Crippen LogP contribution in [0.25, 0.3) is 10.2 Å². The number of likely N-dealkylation sites (tertiary alicyclic amines) is 1. The number of thiazole rings is 1. The van der Waals surface area contributed by atoms with Gasteiger partial charge in [-0.25, -0.2) is 4.98 Å². The molecule has 2 aromatic rings. The van der Waals surface area contributed by atoms with Gasteiger partial charge in [0, 0.05) is 19.1 Å². The van der Waals surface area contributed by atoms with Crippen LogP contribution in [0.5, 0.6) is 0 Å². The number of amides is 1. The Kier molecular flexibility index (Phi) is 6.27. The van der Waals surface area contributed by atoms with Crippen molar-refractivity contribution in [3.63, 3.8) is 0 Å². The minimum atomic E-state index is 0.138. The second-order valence-electron chi connectivity index (χ2n) is 7.24. The van der Waals surface area contributed by atoms with Crippen LogP contribution >= 0.6 is 11.3 Å². The second-order valence-corrected chi connectivity index (χ2v) is 8.25. The highest BCUT2D eigenvalue weighted by atomic mass is 32.1. The topological polar surface area (TPSA) is 39.7 Å². The highest BCUT2D eigenvalue weighted by molar-refractivity contribution is 7.22. The number of anilines is 1. The van der Waals surface area contributed by atoms with Crippen molar-refractivity contribution in [3.05, 3.63) is 24.3 Å². The third-order valence-electron chi connectivity index (χ3n) is 5.47. The maximum Gasteiger partial charge on any atom is 0.242 e. The van der Waals surface area contributed by atoms with E-state index in [1.54, 1.807) is 11.3 Å². The van der Waals surface area contributed by atoms with Gasteiger partial charge in [-0.15, -0.1) is 0 Å². The fraction of sp³-hybridized carbons (Fsp3) is 0.600. The molecule has 0 bridgehead atoms. The number of piperidine rings is 1. The second kappa shape index (κ2) is 8.46. The Morgan fingerprint density at radius 2 is 2.12 bits per heavy atom. The first kappa shape index (κ1) is 19.3. The van der Waals surface area contributed by atoms with Crippen LogP contribution in [-0.4, -0.2) is 66.5 Å². The van der Waals surface area contributed by atoms with Gasteiger partial charge in [-0.05, 0) is 51.5 Å². The first-order valence-electron chi connectivity index (χ1n) is 9.62. The summed E-state index contributed by atoms with van der Waals surface area (Å²) >= 11 is 1.59. The average Bonchev–Trinajstić information content (AvgIpc) is 3.05. The fourth-order valence-corrected chi connectivity index (χ4v) is 5.02. The zero-order valence-corrected chi connectivity index (χ0v) is 17.1. The predicted octanol–water partition coefficient (Wildman–Crippen LogP) is 3.31. The van der Waals surface area contributed by atoms with Crippen molar-refractivity contribution in [1.29, 1.82) is 0 Å². The summed E-state index contributed by atoms with van der Waals surface area (Å²) in [5, 5.41) is 0.806. The number of hydrogen-bond acceptors (Lipinski definition) is 5. The van der Waals surface area contributed by atoms with Gasteiger partial charge in [0.25, 0.3) is 0 Å². The van der Waals surface area contributed by atoms with Crippen LogP contribution in [-0.2, 0) is 4.79 Å². The molecular formula is C20H30N4OS. The Morgan fingerprint density at radius 1 is 1.35 bits per heavy atom. The molecule has 0 aliphatic carbocycles. The minimum Gasteiger partial charge on any atom is -0.303 e. The van der Waals surface area contributed by atoms with Gasteiger partial charge in [-0.1, -0.05) is 37.3 Å². The van der Waals surface area contributed by atoms with E-state index in [1.807, 2.05) is 30.0 Å². The highest BCUT2D eigenvalue weighted by Gasteiger charge is 2.30. The molecule has 1 saturated heterocycles. The summed E-state index contributed by atoms with van der Waals surface area (Å²) in [6.07, 6.45) is 1.13. The molecular weight excluding hydrogens is 344 g/mol. The Hall–Kier alpha value is -1.50. The molecule has 1 aliphatic heterocycles. The number of rotatable bonds is 6. The van der Waals surface area contributed by atoms with Gasteiger partial charge < -0.3 is 4.90 Å². The molecule has 6 heteroatoms. The minimum absolute atomic E-state index is 0.138. The van der Waals surface area contributed by atoms with Gasteiger partial charge >= 0.3 is 0 Å². The highest BCUT2D eigenvalue weighted by Crippen LogP contribution is 2.29. The molecule has 3 rings (SSSR count). The van der Waals surface area contributed by atoms with Crippen molar-refractivity contribution in [1.82, 2.24) is 14.8 Å². The van der Waals surface area contributed by atoms with Gasteiger partial charge in [0.15, 0.2) is 5.13 Å². The summed E-state index contributed by atoms with van der Waals surface area (Å²) in [6.45, 7) is 11.0. The lowest BCUT2D eigenvalue weighted by Gasteiger charge is -2.41. The monoisotopic (exact) mass is 374 g/mol. The van der Waals surface area contributed by atoms with Gasteiger partial charge in [0.2, 0.25) is 5.91 Å². The molecule has 0 N–H and O–H groups in total. The molecule has 5 nitrogen and oxygen atoms in total. The van der Waals surface area contributed by atoms with Crippen LogP contribution in [0.4, 0.5) is 5.13 Å². The standard InChI is InChI=1S/C20H30N4OS/c1-5-23-12-11-17(15(3)13-23)22(4)14-19(25)24(6-2)20-21-16-9-7-8-10-18(16)26-20/h7-10,15,17H,5-6,11-14H2,1-4H3/t15-,17+/m0/s1. The Bertz CT molecular complexity index is 713. The van der Waals surface area contributed by atoms with E-state index in [1.165, 1.54) is 0 Å². The summed E-state index contributed by atoms with van der Waals surface area (Å²) in [5.74, 6) is 0.721. The van der Waals surface area contributed by atoms with E-state index < -0.39 is 0 Å². The summed E-state index contributed by atoms with van der Waals surface area (Å²) in [7, 11) is 2.09. The maximum absolute atomic E-state index is 13.0. The van der Waals surface area contributed by atoms with Crippen LogP contribution in [0.1, 0.15) is 27.2 Å². The van der Waals surface area contributed by atoms with Gasteiger partial charge in [-0.3, -0.25) is 14.6 Å². The lowest BCUT2D eigenvalue weighted by atomic mass is 9.92. The van der Waals surface area contributed by atoms with Crippen LogP contribution in [0.15, 0.2) is 24.3 Å². The van der Waals surface area contributed by atoms with E-state index in [0.29, 0.717) is 25.0 Å². The van der Waals surface area contributed by atoms with Gasteiger partial charge in [0.1, 0.15) is 0 Å². The quantitative estimate of drug-likeness (QED) is 0.778. The molecule has 0 spiro atoms. The van der Waals surface area contributed by atoms with Crippen molar-refractivity contribution in [3.8, 4) is 0 Å². The number of benzene rings is 1. The average molecular weight is 375 g/mol. The number of hydrogen-bond donors (Lipinski definition) is 0. The molecule has 142 valence electrons. The summed E-state index contributed by atoms with van der Waals surface area (Å²) in [5.41, 5.74) is 0.965. The lowest BCUT2D eigenvalue weighted by Crippen LogP contribution is -2.51. The molecule has 1 aliphatic rings. The molecule has 1 aromatic carbocycles. The molecule has 1 amide bonds. The van der Waals surface area contributed by atoms with E-state index >= 15 is 0 Å². The van der Waals surface area contributed by atoms with E-state index in [2.05, 4.69) is 41.7 Å². The van der Waals surface area contributed by atoms with Crippen molar-refractivity contribution in [2.45, 2.75) is 33.2 Å². The SMILES string of the molecule is CCN1CC[C@@H](N(C)CC(=O)N(CC)c2nc3ccccc3s2)[C@@H](C)C1. The Balaban J connectivity index is 1.67. The molecule has 1 fully saturated rings. The molecule has 2 atom stereocenters. The first-order chi connectivity index (χ1) is 12.5. The van der Waals surface area contributed by atoms with Crippen molar-refractivity contribution in [2.24, 2.45) is 5.92 Å². The smallest absolute Gasteiger partial charge is 0.242 e. The van der Waals surface area contributed by atoms with E-state index in [0.717, 1.165) is 41.4 Å². The molecule has 0 radical (unpaired) electrons. The van der Waals surface area contributed by atoms with E-state index in [4.69, 9.17) is 0 Å². The molecule has 0 saturated carbocycles. The summed E-state index contributed by atoms with van der Waals surface area (Å²) in [6, 6.07) is 8.53. The molecule has 1 aromatic heterocycles. The third kappa shape index (κ3) is 4.08. The zero-order chi connectivity index (χ0) is 18.7. The van der Waals surface area contributed by atoms with Crippen molar-refractivity contribution in [2.75, 3.05) is 44.7 Å². The van der Waals surface area contributed by atoms with E-state index in [-0.39, 0.29) is 5.91 Å². The predicted molar refractivity (Wildman–Crippen MR) is 110 cm³/mol. The largest absolute Gasteiger partial charge is 0.303 e. The zero-order valence-electron chi connectivity index (χ0n) is 16.3. The lowest BCUT2D eigenvalue weighted by molar-refractivity contribution is -0.120. The van der Waals surface area contributed by atoms with Crippen LogP contribution in [0.2, 0.25) is 0 Å². The fourth-order valence-electron chi connectivity index (χ4n) is 3.97. The number of likely N-dealkylation sites (N-methyl/N-ethyl adjacent to an activating group) is 2. The first-order valence-corrected chi connectivity index (χ1v) is 10.4. The summed E-state index contributed by atoms with van der Waals surface area (Å²) in [4.78, 5) is 24.2. The number of aromatic nitrogens is 1. The number of nitrogens with zero attached hydrogens (tertiary/aromatic N) is 4. The Labute approximate surface area is 160 Å². The summed E-state index contributed by atoms with van der Waals surface area (Å²) < 4.78 is 1.13. The maximum atomic E-state index is 13.0. The van der Waals surface area contributed by atoms with Crippen LogP contribution in [0.3, 0.4) is 0 Å². The number of para-hydroxylation sites is 1. The molecule has 2 heterocycles. The van der Waals surface area contributed by atoms with Gasteiger partial charge in [-0.2, -0.15) is 0 Å². The molecule has 0 unspecified atom stereocenters.